The zero-order valence-corrected chi connectivity index (χ0v) is 13.7. The summed E-state index contributed by atoms with van der Waals surface area (Å²) in [5.74, 6) is 0.618. The lowest BCUT2D eigenvalue weighted by molar-refractivity contribution is 0.102. The second-order valence-electron chi connectivity index (χ2n) is 5.40. The number of nitrogens with one attached hydrogen (secondary N) is 1. The van der Waals surface area contributed by atoms with Crippen molar-refractivity contribution >= 4 is 11.9 Å². The van der Waals surface area contributed by atoms with E-state index in [0.29, 0.717) is 17.2 Å². The van der Waals surface area contributed by atoms with Crippen molar-refractivity contribution in [2.24, 2.45) is 0 Å². The van der Waals surface area contributed by atoms with E-state index in [4.69, 9.17) is 9.15 Å². The van der Waals surface area contributed by atoms with E-state index in [-0.39, 0.29) is 11.9 Å². The molecule has 0 saturated carbocycles. The molecule has 0 unspecified atom stereocenters. The Labute approximate surface area is 139 Å². The highest BCUT2D eigenvalue weighted by Crippen LogP contribution is 2.23. The molecule has 24 heavy (non-hydrogen) atoms. The number of rotatable bonds is 4. The fourth-order valence-electron chi connectivity index (χ4n) is 2.20. The molecule has 3 rings (SSSR count). The van der Waals surface area contributed by atoms with E-state index in [9.17, 15) is 4.79 Å². The summed E-state index contributed by atoms with van der Waals surface area (Å²) < 4.78 is 10.6. The molecule has 122 valence electrons. The van der Waals surface area contributed by atoms with Crippen molar-refractivity contribution in [3.05, 3.63) is 59.2 Å². The largest absolute Gasteiger partial charge is 0.497 e. The van der Waals surface area contributed by atoms with Crippen molar-refractivity contribution in [1.82, 2.24) is 10.2 Å². The molecule has 0 aliphatic heterocycles. The van der Waals surface area contributed by atoms with Crippen LogP contribution in [0.3, 0.4) is 0 Å². The number of methoxy groups -OCH3 is 1. The molecular weight excluding hydrogens is 306 g/mol. The maximum atomic E-state index is 12.2. The van der Waals surface area contributed by atoms with Crippen LogP contribution >= 0.6 is 0 Å². The van der Waals surface area contributed by atoms with Gasteiger partial charge in [-0.15, -0.1) is 5.10 Å². The summed E-state index contributed by atoms with van der Waals surface area (Å²) in [5, 5.41) is 10.4. The molecular formula is C18H17N3O3. The number of carbonyl (C=O) groups excluding carboxylic acids is 1. The van der Waals surface area contributed by atoms with Gasteiger partial charge in [0.1, 0.15) is 5.75 Å². The fraction of sp³-hybridized carbons (Fsp3) is 0.167. The summed E-state index contributed by atoms with van der Waals surface area (Å²) in [5.41, 5.74) is 3.57. The van der Waals surface area contributed by atoms with Crippen molar-refractivity contribution in [3.8, 4) is 17.2 Å². The number of hydrogen-bond acceptors (Lipinski definition) is 5. The topological polar surface area (TPSA) is 77.2 Å². The number of carbonyl (C=O) groups is 1. The normalized spacial score (nSPS) is 10.5. The quantitative estimate of drug-likeness (QED) is 0.793. The molecule has 1 N–H and O–H groups in total. The Kier molecular flexibility index (Phi) is 4.29. The molecule has 0 bridgehead atoms. The van der Waals surface area contributed by atoms with E-state index >= 15 is 0 Å². The molecule has 1 aromatic heterocycles. The van der Waals surface area contributed by atoms with Gasteiger partial charge >= 0.3 is 6.01 Å². The fourth-order valence-corrected chi connectivity index (χ4v) is 2.20. The van der Waals surface area contributed by atoms with Crippen LogP contribution in [-0.2, 0) is 0 Å². The van der Waals surface area contributed by atoms with Gasteiger partial charge in [-0.3, -0.25) is 10.1 Å². The monoisotopic (exact) mass is 323 g/mol. The molecule has 0 saturated heterocycles. The number of ether oxygens (including phenoxy) is 1. The number of anilines is 1. The Hall–Kier alpha value is -3.15. The Morgan fingerprint density at radius 3 is 2.67 bits per heavy atom. The first-order valence-electron chi connectivity index (χ1n) is 7.43. The van der Waals surface area contributed by atoms with Crippen LogP contribution in [0.4, 0.5) is 6.01 Å². The van der Waals surface area contributed by atoms with Gasteiger partial charge in [-0.05, 0) is 55.3 Å². The number of nitrogens with zero attached hydrogens (tertiary/aromatic N) is 2. The Morgan fingerprint density at radius 2 is 1.92 bits per heavy atom. The van der Waals surface area contributed by atoms with E-state index in [2.05, 4.69) is 15.5 Å². The summed E-state index contributed by atoms with van der Waals surface area (Å²) in [6.45, 7) is 4.05. The van der Waals surface area contributed by atoms with Crippen molar-refractivity contribution in [1.29, 1.82) is 0 Å². The van der Waals surface area contributed by atoms with Gasteiger partial charge in [0.25, 0.3) is 5.91 Å². The molecule has 2 aromatic carbocycles. The van der Waals surface area contributed by atoms with Crippen LogP contribution < -0.4 is 10.1 Å². The van der Waals surface area contributed by atoms with Gasteiger partial charge in [-0.2, -0.15) is 0 Å². The smallest absolute Gasteiger partial charge is 0.322 e. The van der Waals surface area contributed by atoms with Crippen molar-refractivity contribution in [2.45, 2.75) is 13.8 Å². The van der Waals surface area contributed by atoms with Gasteiger partial charge in [0.05, 0.1) is 7.11 Å². The first kappa shape index (κ1) is 15.7. The van der Waals surface area contributed by atoms with E-state index < -0.39 is 0 Å². The van der Waals surface area contributed by atoms with Crippen molar-refractivity contribution < 1.29 is 13.9 Å². The minimum Gasteiger partial charge on any atom is -0.497 e. The van der Waals surface area contributed by atoms with Crippen LogP contribution in [0.5, 0.6) is 5.75 Å². The van der Waals surface area contributed by atoms with Crippen molar-refractivity contribution in [3.63, 3.8) is 0 Å². The van der Waals surface area contributed by atoms with Gasteiger partial charge in [0.2, 0.25) is 5.89 Å². The standard InChI is InChI=1S/C18H17N3O3/c1-11-7-8-14(9-12(11)2)17-20-21-18(24-17)19-16(22)13-5-4-6-15(10-13)23-3/h4-10H,1-3H3,(H,19,21,22). The number of hydrogen-bond donors (Lipinski definition) is 1. The molecule has 1 amide bonds. The van der Waals surface area contributed by atoms with Crippen LogP contribution in [0.2, 0.25) is 0 Å². The lowest BCUT2D eigenvalue weighted by atomic mass is 10.1. The first-order chi connectivity index (χ1) is 11.6. The molecule has 3 aromatic rings. The highest BCUT2D eigenvalue weighted by atomic mass is 16.5. The van der Waals surface area contributed by atoms with Gasteiger partial charge in [0, 0.05) is 11.1 Å². The molecule has 0 aliphatic carbocycles. The number of aromatic nitrogens is 2. The summed E-state index contributed by atoms with van der Waals surface area (Å²) in [7, 11) is 1.55. The van der Waals surface area contributed by atoms with Gasteiger partial charge in [-0.25, -0.2) is 0 Å². The minimum absolute atomic E-state index is 0.0519. The van der Waals surface area contributed by atoms with Gasteiger partial charge < -0.3 is 9.15 Å². The second-order valence-corrected chi connectivity index (χ2v) is 5.40. The average molecular weight is 323 g/mol. The highest BCUT2D eigenvalue weighted by molar-refractivity contribution is 6.03. The number of benzene rings is 2. The van der Waals surface area contributed by atoms with E-state index in [1.807, 2.05) is 32.0 Å². The van der Waals surface area contributed by atoms with Crippen LogP contribution in [0, 0.1) is 13.8 Å². The lowest BCUT2D eigenvalue weighted by Crippen LogP contribution is -2.12. The van der Waals surface area contributed by atoms with Crippen LogP contribution in [0.1, 0.15) is 21.5 Å². The maximum Gasteiger partial charge on any atom is 0.322 e. The zero-order valence-electron chi connectivity index (χ0n) is 13.7. The van der Waals surface area contributed by atoms with Crippen LogP contribution in [-0.4, -0.2) is 23.2 Å². The molecule has 6 nitrogen and oxygen atoms in total. The SMILES string of the molecule is COc1cccc(C(=O)Nc2nnc(-c3ccc(C)c(C)c3)o2)c1. The van der Waals surface area contributed by atoms with E-state index in [1.54, 1.807) is 31.4 Å². The third-order valence-electron chi connectivity index (χ3n) is 3.73. The second kappa shape index (κ2) is 6.54. The molecule has 0 atom stereocenters. The Bertz CT molecular complexity index is 887. The van der Waals surface area contributed by atoms with E-state index in [0.717, 1.165) is 11.1 Å². The molecule has 0 aliphatic rings. The molecule has 6 heteroatoms. The summed E-state index contributed by atoms with van der Waals surface area (Å²) >= 11 is 0. The van der Waals surface area contributed by atoms with Gasteiger partial charge in [0.15, 0.2) is 0 Å². The lowest BCUT2D eigenvalue weighted by Gasteiger charge is -2.03. The predicted octanol–water partition coefficient (Wildman–Crippen LogP) is 3.61. The minimum atomic E-state index is -0.343. The Balaban J connectivity index is 1.78. The zero-order chi connectivity index (χ0) is 17.1. The molecule has 1 heterocycles. The first-order valence-corrected chi connectivity index (χ1v) is 7.43. The van der Waals surface area contributed by atoms with Gasteiger partial charge in [-0.1, -0.05) is 17.2 Å². The highest BCUT2D eigenvalue weighted by Gasteiger charge is 2.13. The Morgan fingerprint density at radius 1 is 1.08 bits per heavy atom. The predicted molar refractivity (Wildman–Crippen MR) is 90.2 cm³/mol. The molecule has 0 fully saturated rings. The summed E-state index contributed by atoms with van der Waals surface area (Å²) in [4.78, 5) is 12.2. The van der Waals surface area contributed by atoms with Crippen LogP contribution in [0.15, 0.2) is 46.9 Å². The van der Waals surface area contributed by atoms with Crippen LogP contribution in [0.25, 0.3) is 11.5 Å². The number of amides is 1. The maximum absolute atomic E-state index is 12.2. The third kappa shape index (κ3) is 3.27. The molecule has 0 spiro atoms. The summed E-state index contributed by atoms with van der Waals surface area (Å²) in [6, 6.07) is 12.7. The number of aryl methyl sites for hydroxylation is 2. The van der Waals surface area contributed by atoms with Crippen molar-refractivity contribution in [2.75, 3.05) is 12.4 Å². The third-order valence-corrected chi connectivity index (χ3v) is 3.73. The summed E-state index contributed by atoms with van der Waals surface area (Å²) in [6.07, 6.45) is 0. The molecule has 0 radical (unpaired) electrons. The van der Waals surface area contributed by atoms with E-state index in [1.165, 1.54) is 5.56 Å². The average Bonchev–Trinajstić information content (AvgIpc) is 3.06.